The number of methoxy groups -OCH3 is 1. The highest BCUT2D eigenvalue weighted by molar-refractivity contribution is 14.1. The summed E-state index contributed by atoms with van der Waals surface area (Å²) in [5.41, 5.74) is 3.08. The van der Waals surface area contributed by atoms with Crippen LogP contribution in [-0.4, -0.2) is 17.1 Å². The van der Waals surface area contributed by atoms with Crippen LogP contribution in [-0.2, 0) is 11.3 Å². The number of nitrogens with zero attached hydrogens (tertiary/aromatic N) is 2. The summed E-state index contributed by atoms with van der Waals surface area (Å²) in [6, 6.07) is 6.41. The van der Waals surface area contributed by atoms with Crippen LogP contribution in [0.2, 0.25) is 0 Å². The van der Waals surface area contributed by atoms with Crippen molar-refractivity contribution in [3.05, 3.63) is 39.5 Å². The quantitative estimate of drug-likeness (QED) is 0.414. The van der Waals surface area contributed by atoms with Crippen LogP contribution in [0.3, 0.4) is 0 Å². The molecule has 0 bridgehead atoms. The summed E-state index contributed by atoms with van der Waals surface area (Å²) in [5.74, 6) is 6.49. The molecule has 0 aliphatic carbocycles. The molecule has 106 valence electrons. The summed E-state index contributed by atoms with van der Waals surface area (Å²) < 4.78 is 19.0. The highest BCUT2D eigenvalue weighted by atomic mass is 127. The van der Waals surface area contributed by atoms with E-state index in [4.69, 9.17) is 10.6 Å². The SMILES string of the molecule is COCc1nc(NN)cc(Nc2cccc(F)c2I)n1. The Hall–Kier alpha value is -1.52. The third-order valence-corrected chi connectivity index (χ3v) is 3.50. The molecule has 1 aromatic carbocycles. The first-order chi connectivity index (χ1) is 9.63. The molecule has 0 amide bonds. The van der Waals surface area contributed by atoms with Crippen molar-refractivity contribution in [1.29, 1.82) is 0 Å². The van der Waals surface area contributed by atoms with Crippen molar-refractivity contribution in [2.75, 3.05) is 17.9 Å². The fourth-order valence-corrected chi connectivity index (χ4v) is 2.06. The summed E-state index contributed by atoms with van der Waals surface area (Å²) in [5, 5.41) is 3.04. The van der Waals surface area contributed by atoms with Gasteiger partial charge in [-0.25, -0.2) is 20.2 Å². The van der Waals surface area contributed by atoms with Gasteiger partial charge in [0.15, 0.2) is 5.82 Å². The molecule has 0 fully saturated rings. The van der Waals surface area contributed by atoms with E-state index < -0.39 is 0 Å². The highest BCUT2D eigenvalue weighted by Crippen LogP contribution is 2.24. The van der Waals surface area contributed by atoms with Crippen LogP contribution in [0.5, 0.6) is 0 Å². The van der Waals surface area contributed by atoms with Crippen LogP contribution in [0.4, 0.5) is 21.7 Å². The maximum absolute atomic E-state index is 13.5. The average Bonchev–Trinajstić information content (AvgIpc) is 2.44. The van der Waals surface area contributed by atoms with Crippen molar-refractivity contribution in [2.45, 2.75) is 6.61 Å². The molecule has 2 aromatic rings. The summed E-state index contributed by atoms with van der Waals surface area (Å²) >= 11 is 1.93. The van der Waals surface area contributed by atoms with Crippen LogP contribution < -0.4 is 16.6 Å². The number of hydrogen-bond acceptors (Lipinski definition) is 6. The Bertz CT molecular complexity index is 610. The molecule has 0 atom stereocenters. The van der Waals surface area contributed by atoms with Crippen molar-refractivity contribution in [1.82, 2.24) is 9.97 Å². The second kappa shape index (κ2) is 6.77. The zero-order valence-electron chi connectivity index (χ0n) is 10.7. The van der Waals surface area contributed by atoms with Gasteiger partial charge in [-0.05, 0) is 34.7 Å². The monoisotopic (exact) mass is 389 g/mol. The van der Waals surface area contributed by atoms with Crippen LogP contribution in [0, 0.1) is 9.39 Å². The Kier molecular flexibility index (Phi) is 5.04. The lowest BCUT2D eigenvalue weighted by atomic mass is 10.3. The van der Waals surface area contributed by atoms with Gasteiger partial charge in [0.25, 0.3) is 0 Å². The Morgan fingerprint density at radius 2 is 2.10 bits per heavy atom. The number of hydrogen-bond donors (Lipinski definition) is 3. The summed E-state index contributed by atoms with van der Waals surface area (Å²) in [6.45, 7) is 0.254. The number of benzene rings is 1. The number of nitrogens with one attached hydrogen (secondary N) is 2. The van der Waals surface area contributed by atoms with E-state index in [1.807, 2.05) is 22.6 Å². The molecule has 6 nitrogen and oxygen atoms in total. The maximum Gasteiger partial charge on any atom is 0.158 e. The topological polar surface area (TPSA) is 85.1 Å². The lowest BCUT2D eigenvalue weighted by Crippen LogP contribution is -2.12. The fraction of sp³-hybridized carbons (Fsp3) is 0.167. The number of nitrogens with two attached hydrogens (primary N) is 1. The number of nitrogen functional groups attached to an aromatic ring is 1. The number of hydrazine groups is 1. The smallest absolute Gasteiger partial charge is 0.158 e. The summed E-state index contributed by atoms with van der Waals surface area (Å²) in [4.78, 5) is 8.40. The molecule has 0 saturated heterocycles. The molecule has 0 radical (unpaired) electrons. The van der Waals surface area contributed by atoms with Gasteiger partial charge in [-0.3, -0.25) is 0 Å². The van der Waals surface area contributed by atoms with Gasteiger partial charge in [0.2, 0.25) is 0 Å². The van der Waals surface area contributed by atoms with E-state index in [9.17, 15) is 4.39 Å². The second-order valence-corrected chi connectivity index (χ2v) is 4.94. The van der Waals surface area contributed by atoms with Crippen molar-refractivity contribution < 1.29 is 9.13 Å². The first-order valence-electron chi connectivity index (χ1n) is 5.68. The molecular weight excluding hydrogens is 376 g/mol. The van der Waals surface area contributed by atoms with E-state index in [-0.39, 0.29) is 12.4 Å². The van der Waals surface area contributed by atoms with Gasteiger partial charge in [0.1, 0.15) is 24.1 Å². The number of rotatable bonds is 5. The van der Waals surface area contributed by atoms with Crippen LogP contribution in [0.25, 0.3) is 0 Å². The minimum absolute atomic E-state index is 0.254. The van der Waals surface area contributed by atoms with E-state index in [0.29, 0.717) is 26.7 Å². The standard InChI is InChI=1S/C12H13FIN5O/c1-20-6-11-17-9(5-10(18-11)19-15)16-8-4-2-3-7(13)12(8)14/h2-5H,6,15H2,1H3,(H2,16,17,18,19). The molecular formula is C12H13FIN5O. The number of anilines is 3. The molecule has 0 aliphatic heterocycles. The molecule has 0 spiro atoms. The molecule has 1 aromatic heterocycles. The largest absolute Gasteiger partial charge is 0.377 e. The van der Waals surface area contributed by atoms with Gasteiger partial charge < -0.3 is 15.5 Å². The van der Waals surface area contributed by atoms with Crippen molar-refractivity contribution in [3.63, 3.8) is 0 Å². The van der Waals surface area contributed by atoms with Crippen LogP contribution in [0.1, 0.15) is 5.82 Å². The Morgan fingerprint density at radius 3 is 2.80 bits per heavy atom. The van der Waals surface area contributed by atoms with Gasteiger partial charge in [-0.2, -0.15) is 0 Å². The predicted molar refractivity (Wildman–Crippen MR) is 83.0 cm³/mol. The Balaban J connectivity index is 2.32. The maximum atomic E-state index is 13.5. The zero-order valence-corrected chi connectivity index (χ0v) is 12.8. The third-order valence-electron chi connectivity index (χ3n) is 2.41. The van der Waals surface area contributed by atoms with Gasteiger partial charge in [0.05, 0.1) is 9.26 Å². The third kappa shape index (κ3) is 3.52. The summed E-state index contributed by atoms with van der Waals surface area (Å²) in [7, 11) is 1.55. The van der Waals surface area contributed by atoms with Crippen LogP contribution in [0.15, 0.2) is 24.3 Å². The predicted octanol–water partition coefficient (Wildman–Crippen LogP) is 2.40. The molecule has 4 N–H and O–H groups in total. The fourth-order valence-electron chi connectivity index (χ4n) is 1.57. The van der Waals surface area contributed by atoms with Gasteiger partial charge in [0, 0.05) is 13.2 Å². The second-order valence-electron chi connectivity index (χ2n) is 3.86. The molecule has 0 aliphatic rings. The number of aromatic nitrogens is 2. The minimum Gasteiger partial charge on any atom is -0.377 e. The van der Waals surface area contributed by atoms with Crippen LogP contribution >= 0.6 is 22.6 Å². The lowest BCUT2D eigenvalue weighted by Gasteiger charge is -2.11. The van der Waals surface area contributed by atoms with Crippen molar-refractivity contribution >= 4 is 39.9 Å². The zero-order chi connectivity index (χ0) is 14.5. The Labute approximate surface area is 129 Å². The lowest BCUT2D eigenvalue weighted by molar-refractivity contribution is 0.178. The molecule has 0 unspecified atom stereocenters. The van der Waals surface area contributed by atoms with Crippen molar-refractivity contribution in [3.8, 4) is 0 Å². The average molecular weight is 389 g/mol. The molecule has 20 heavy (non-hydrogen) atoms. The van der Waals surface area contributed by atoms with Gasteiger partial charge in [-0.1, -0.05) is 6.07 Å². The van der Waals surface area contributed by atoms with E-state index in [2.05, 4.69) is 20.7 Å². The van der Waals surface area contributed by atoms with E-state index >= 15 is 0 Å². The van der Waals surface area contributed by atoms with E-state index in [1.165, 1.54) is 6.07 Å². The minimum atomic E-state index is -0.293. The molecule has 1 heterocycles. The molecule has 2 rings (SSSR count). The van der Waals surface area contributed by atoms with Gasteiger partial charge in [-0.15, -0.1) is 0 Å². The molecule has 8 heteroatoms. The van der Waals surface area contributed by atoms with Crippen molar-refractivity contribution in [2.24, 2.45) is 5.84 Å². The molecule has 0 saturated carbocycles. The van der Waals surface area contributed by atoms with Gasteiger partial charge >= 0.3 is 0 Å². The first kappa shape index (κ1) is 14.9. The normalized spacial score (nSPS) is 10.4. The number of halogens is 2. The number of ether oxygens (including phenoxy) is 1. The van der Waals surface area contributed by atoms with E-state index in [1.54, 1.807) is 25.3 Å². The van der Waals surface area contributed by atoms with E-state index in [0.717, 1.165) is 0 Å². The Morgan fingerprint density at radius 1 is 1.35 bits per heavy atom. The first-order valence-corrected chi connectivity index (χ1v) is 6.76. The summed E-state index contributed by atoms with van der Waals surface area (Å²) in [6.07, 6.45) is 0. The highest BCUT2D eigenvalue weighted by Gasteiger charge is 2.08.